The van der Waals surface area contributed by atoms with Crippen LogP contribution in [0, 0.1) is 0 Å². The van der Waals surface area contributed by atoms with Gasteiger partial charge in [-0.15, -0.1) is 9.36 Å². The maximum absolute atomic E-state index is 11.4. The van der Waals surface area contributed by atoms with Gasteiger partial charge < -0.3 is 4.13 Å². The fourth-order valence-corrected chi connectivity index (χ4v) is 3.40. The summed E-state index contributed by atoms with van der Waals surface area (Å²) in [6.07, 6.45) is 8.98. The van der Waals surface area contributed by atoms with E-state index in [1.807, 2.05) is 28.7 Å². The van der Waals surface area contributed by atoms with Gasteiger partial charge in [-0.05, 0) is 18.9 Å². The highest BCUT2D eigenvalue weighted by molar-refractivity contribution is 8.13. The van der Waals surface area contributed by atoms with E-state index in [1.54, 1.807) is 0 Å². The molecule has 1 rings (SSSR count). The summed E-state index contributed by atoms with van der Waals surface area (Å²) in [5, 5.41) is 4.34. The molecule has 0 unspecified atom stereocenters. The summed E-state index contributed by atoms with van der Waals surface area (Å²) in [6, 6.07) is 0. The first kappa shape index (κ1) is 27.3. The minimum Gasteiger partial charge on any atom is -0.421 e. The molecule has 0 aliphatic carbocycles. The van der Waals surface area contributed by atoms with Crippen molar-refractivity contribution in [3.8, 4) is 0 Å². The van der Waals surface area contributed by atoms with E-state index in [0.29, 0.717) is 0 Å². The highest BCUT2D eigenvalue weighted by Crippen LogP contribution is 2.36. The van der Waals surface area contributed by atoms with Crippen LogP contribution in [0.5, 0.6) is 0 Å². The van der Waals surface area contributed by atoms with E-state index >= 15 is 0 Å². The summed E-state index contributed by atoms with van der Waals surface area (Å²) in [4.78, 5) is 0. The summed E-state index contributed by atoms with van der Waals surface area (Å²) < 4.78 is 113. The van der Waals surface area contributed by atoms with Crippen molar-refractivity contribution in [2.75, 3.05) is 0 Å². The summed E-state index contributed by atoms with van der Waals surface area (Å²) in [5.74, 6) is 0. The first-order valence-corrected chi connectivity index (χ1v) is 10.8. The van der Waals surface area contributed by atoms with Crippen LogP contribution in [0.2, 0.25) is 0 Å². The van der Waals surface area contributed by atoms with Crippen LogP contribution in [0.25, 0.3) is 10.2 Å². The zero-order valence-corrected chi connectivity index (χ0v) is 17.0. The Labute approximate surface area is 164 Å². The van der Waals surface area contributed by atoms with Crippen molar-refractivity contribution in [3.63, 3.8) is 0 Å². The molecule has 0 N–H and O–H groups in total. The average Bonchev–Trinajstić information content (AvgIpc) is 2.89. The molecular formula is C13H20F6N4O4S2. The Hall–Kier alpha value is -1.68. The zero-order chi connectivity index (χ0) is 23.1. The Morgan fingerprint density at radius 2 is 1.55 bits per heavy atom. The molecule has 170 valence electrons. The minimum atomic E-state index is -6.72. The van der Waals surface area contributed by atoms with Gasteiger partial charge in [0.1, 0.15) is 13.6 Å². The van der Waals surface area contributed by atoms with Crippen LogP contribution < -0.4 is 4.68 Å². The third-order valence-electron chi connectivity index (χ3n) is 3.14. The number of hydrogen-bond acceptors (Lipinski definition) is 5. The molecule has 0 amide bonds. The van der Waals surface area contributed by atoms with Gasteiger partial charge in [0.2, 0.25) is 0 Å². The molecule has 0 saturated carbocycles. The number of halogens is 6. The highest BCUT2D eigenvalue weighted by Gasteiger charge is 2.46. The van der Waals surface area contributed by atoms with E-state index in [0.717, 1.165) is 16.4 Å². The van der Waals surface area contributed by atoms with Crippen molar-refractivity contribution in [2.24, 2.45) is 7.05 Å². The lowest BCUT2D eigenvalue weighted by molar-refractivity contribution is -0.755. The first-order chi connectivity index (χ1) is 13.0. The Kier molecular flexibility index (Phi) is 9.78. The van der Waals surface area contributed by atoms with Crippen LogP contribution in [-0.2, 0) is 33.6 Å². The molecule has 0 atom stereocenters. The molecule has 0 aliphatic rings. The lowest BCUT2D eigenvalue weighted by Gasteiger charge is -2.22. The van der Waals surface area contributed by atoms with Crippen LogP contribution >= 0.6 is 0 Å². The number of rotatable bonds is 8. The van der Waals surface area contributed by atoms with Crippen molar-refractivity contribution in [1.82, 2.24) is 9.90 Å². The predicted molar refractivity (Wildman–Crippen MR) is 90.9 cm³/mol. The second-order valence-electron chi connectivity index (χ2n) is 5.51. The van der Waals surface area contributed by atoms with Gasteiger partial charge in [0.05, 0.1) is 5.21 Å². The highest BCUT2D eigenvalue weighted by atomic mass is 32.3. The van der Waals surface area contributed by atoms with E-state index < -0.39 is 31.1 Å². The van der Waals surface area contributed by atoms with E-state index in [1.165, 1.54) is 25.7 Å². The van der Waals surface area contributed by atoms with Gasteiger partial charge in [-0.3, -0.25) is 0 Å². The molecule has 8 nitrogen and oxygen atoms in total. The Morgan fingerprint density at radius 3 is 1.90 bits per heavy atom. The molecule has 1 heterocycles. The average molecular weight is 474 g/mol. The number of hydrogen-bond donors (Lipinski definition) is 0. The molecule has 0 fully saturated rings. The maximum atomic E-state index is 11.4. The second kappa shape index (κ2) is 10.4. The number of unbranched alkanes of at least 4 members (excludes halogenated alkanes) is 3. The molecule has 0 saturated heterocycles. The Bertz CT molecular complexity index is 834. The molecule has 0 aliphatic heterocycles. The monoisotopic (exact) mass is 474 g/mol. The number of alkyl halides is 6. The molecule has 0 aromatic carbocycles. The van der Waals surface area contributed by atoms with Gasteiger partial charge in [0.25, 0.3) is 0 Å². The van der Waals surface area contributed by atoms with Gasteiger partial charge in [-0.2, -0.15) is 26.3 Å². The third-order valence-corrected chi connectivity index (χ3v) is 5.88. The Morgan fingerprint density at radius 1 is 1.07 bits per heavy atom. The molecule has 29 heavy (non-hydrogen) atoms. The van der Waals surface area contributed by atoms with Crippen LogP contribution in [0.4, 0.5) is 26.3 Å². The smallest absolute Gasteiger partial charge is 0.421 e. The van der Waals surface area contributed by atoms with Crippen LogP contribution in [0.1, 0.15) is 38.3 Å². The zero-order valence-electron chi connectivity index (χ0n) is 15.4. The number of aromatic nitrogens is 3. The lowest BCUT2D eigenvalue weighted by Crippen LogP contribution is -2.35. The second-order valence-corrected chi connectivity index (χ2v) is 8.93. The van der Waals surface area contributed by atoms with Crippen LogP contribution in [-0.4, -0.2) is 37.7 Å². The molecule has 0 spiro atoms. The van der Waals surface area contributed by atoms with E-state index in [9.17, 15) is 43.2 Å². The van der Waals surface area contributed by atoms with Crippen LogP contribution in [0.3, 0.4) is 0 Å². The normalized spacial score (nSPS) is 13.0. The number of aryl methyl sites for hydroxylation is 2. The largest absolute Gasteiger partial charge is 0.480 e. The fraction of sp³-hybridized carbons (Fsp3) is 0.692. The standard InChI is InChI=1S/C11H20N3.C2F6NO4S2/c1-4-6-7-8-9-14-10-11(5-2)13(3)12-14;3-1(4,5)14(10,11)9-15(12,13)2(6,7)8/h5,10H,2,4,6-9H2,1,3H3;/q+1;-1. The molecule has 1 aromatic heterocycles. The first-order valence-electron chi connectivity index (χ1n) is 7.91. The van der Waals surface area contributed by atoms with E-state index in [2.05, 4.69) is 18.7 Å². The number of sulfonamides is 2. The van der Waals surface area contributed by atoms with Crippen molar-refractivity contribution < 1.29 is 47.9 Å². The van der Waals surface area contributed by atoms with Crippen molar-refractivity contribution in [1.29, 1.82) is 0 Å². The van der Waals surface area contributed by atoms with E-state index in [-0.39, 0.29) is 0 Å². The molecular weight excluding hydrogens is 454 g/mol. The topological polar surface area (TPSA) is 104 Å². The van der Waals surface area contributed by atoms with E-state index in [4.69, 9.17) is 0 Å². The summed E-state index contributed by atoms with van der Waals surface area (Å²) >= 11 is 0. The van der Waals surface area contributed by atoms with Gasteiger partial charge in [-0.25, -0.2) is 16.8 Å². The summed E-state index contributed by atoms with van der Waals surface area (Å²) in [7, 11) is -11.5. The minimum absolute atomic E-state index is 0.778. The lowest BCUT2D eigenvalue weighted by atomic mass is 10.2. The molecule has 0 bridgehead atoms. The van der Waals surface area contributed by atoms with Crippen LogP contribution in [0.15, 0.2) is 12.8 Å². The van der Waals surface area contributed by atoms with Gasteiger partial charge in [-0.1, -0.05) is 26.3 Å². The molecule has 16 heteroatoms. The SMILES string of the molecule is C=Cc1c[n+](CCCCCC)nn1C.O=S(=O)([N-]S(=O)(=O)C(F)(F)F)C(F)(F)F. The summed E-state index contributed by atoms with van der Waals surface area (Å²) in [6.45, 7) is 6.98. The van der Waals surface area contributed by atoms with Gasteiger partial charge in [0.15, 0.2) is 31.9 Å². The predicted octanol–water partition coefficient (Wildman–Crippen LogP) is 2.99. The van der Waals surface area contributed by atoms with Crippen molar-refractivity contribution in [2.45, 2.75) is 50.2 Å². The maximum Gasteiger partial charge on any atom is 0.480 e. The summed E-state index contributed by atoms with van der Waals surface area (Å²) in [5.41, 5.74) is -11.3. The fourth-order valence-electron chi connectivity index (χ4n) is 1.69. The molecule has 0 radical (unpaired) electrons. The molecule has 1 aromatic rings. The number of nitrogens with zero attached hydrogens (tertiary/aromatic N) is 4. The Balaban J connectivity index is 0.000000541. The van der Waals surface area contributed by atoms with Gasteiger partial charge >= 0.3 is 11.0 Å². The quantitative estimate of drug-likeness (QED) is 0.327. The van der Waals surface area contributed by atoms with Gasteiger partial charge in [0, 0.05) is 0 Å². The van der Waals surface area contributed by atoms with Crippen molar-refractivity contribution >= 4 is 26.1 Å². The third kappa shape index (κ3) is 8.69. The van der Waals surface area contributed by atoms with Crippen molar-refractivity contribution in [3.05, 3.63) is 22.6 Å².